The smallest absolute Gasteiger partial charge is 0.272 e. The van der Waals surface area contributed by atoms with Gasteiger partial charge in [0, 0.05) is 28.6 Å². The van der Waals surface area contributed by atoms with E-state index < -0.39 is 31.7 Å². The van der Waals surface area contributed by atoms with Gasteiger partial charge in [0.05, 0.1) is 9.82 Å². The van der Waals surface area contributed by atoms with Crippen LogP contribution in [0.2, 0.25) is 0 Å². The number of sulfone groups is 1. The maximum atomic E-state index is 13.6. The topological polar surface area (TPSA) is 106 Å². The minimum atomic E-state index is -3.93. The molecule has 0 spiro atoms. The van der Waals surface area contributed by atoms with Crippen LogP contribution in [-0.2, 0) is 9.84 Å². The Kier molecular flexibility index (Phi) is 6.51. The molecule has 0 bridgehead atoms. The summed E-state index contributed by atoms with van der Waals surface area (Å²) in [6.07, 6.45) is 0. The van der Waals surface area contributed by atoms with Crippen LogP contribution in [0.1, 0.15) is 31.6 Å². The molecule has 0 aliphatic heterocycles. The number of hydrogen-bond acceptors (Lipinski definition) is 6. The van der Waals surface area contributed by atoms with E-state index in [-0.39, 0.29) is 28.3 Å². The number of nitrogens with one attached hydrogen (secondary N) is 1. The number of thiophene rings is 1. The predicted octanol–water partition coefficient (Wildman–Crippen LogP) is 4.36. The molecular formula is C21H19FN2O5S2. The highest BCUT2D eigenvalue weighted by molar-refractivity contribution is 7.91. The van der Waals surface area contributed by atoms with E-state index >= 15 is 0 Å². The number of nitrogens with zero attached hydrogens (tertiary/aromatic N) is 1. The molecule has 2 aromatic carbocycles. The molecular weight excluding hydrogens is 443 g/mol. The Hall–Kier alpha value is -3.11. The average molecular weight is 463 g/mol. The number of carbonyl (C=O) groups is 1. The van der Waals surface area contributed by atoms with Crippen LogP contribution in [0.25, 0.3) is 0 Å². The minimum absolute atomic E-state index is 0.0368. The van der Waals surface area contributed by atoms with Gasteiger partial charge in [-0.3, -0.25) is 14.9 Å². The highest BCUT2D eigenvalue weighted by Crippen LogP contribution is 2.32. The summed E-state index contributed by atoms with van der Waals surface area (Å²) in [5, 5.41) is 14.2. The first-order chi connectivity index (χ1) is 14.6. The number of halogens is 1. The van der Waals surface area contributed by atoms with Crippen molar-refractivity contribution in [3.05, 3.63) is 91.4 Å². The SMILES string of the molecule is Cc1cc(S(=O)(=O)[C@@H](CNC(=O)c2ccc([N+](=O)[O-])c(C)c2)c2cccs2)ccc1F. The van der Waals surface area contributed by atoms with Gasteiger partial charge in [0.2, 0.25) is 0 Å². The Morgan fingerprint density at radius 1 is 1.16 bits per heavy atom. The average Bonchev–Trinajstić information content (AvgIpc) is 3.23. The molecule has 1 amide bonds. The third-order valence-electron chi connectivity index (χ3n) is 4.80. The van der Waals surface area contributed by atoms with Crippen molar-refractivity contribution >= 4 is 32.8 Å². The van der Waals surface area contributed by atoms with E-state index in [1.165, 1.54) is 55.5 Å². The first-order valence-corrected chi connectivity index (χ1v) is 11.6. The zero-order valence-corrected chi connectivity index (χ0v) is 18.3. The van der Waals surface area contributed by atoms with Crippen LogP contribution < -0.4 is 5.32 Å². The van der Waals surface area contributed by atoms with E-state index in [1.54, 1.807) is 17.5 Å². The Bertz CT molecular complexity index is 1240. The summed E-state index contributed by atoms with van der Waals surface area (Å²) in [6.45, 7) is 2.78. The van der Waals surface area contributed by atoms with Gasteiger partial charge >= 0.3 is 0 Å². The molecule has 1 heterocycles. The van der Waals surface area contributed by atoms with Crippen LogP contribution in [-0.4, -0.2) is 25.8 Å². The summed E-state index contributed by atoms with van der Waals surface area (Å²) >= 11 is 1.24. The fourth-order valence-electron chi connectivity index (χ4n) is 3.09. The standard InChI is InChI=1S/C21H19FN2O5S2/c1-13-11-16(6-7-17(13)22)31(28,29)20(19-4-3-9-30-19)12-23-21(25)15-5-8-18(24(26)27)14(2)10-15/h3-11,20H,12H2,1-2H3,(H,23,25)/t20-/m0/s1. The molecule has 0 fully saturated rings. The molecule has 1 N–H and O–H groups in total. The lowest BCUT2D eigenvalue weighted by molar-refractivity contribution is -0.385. The molecule has 31 heavy (non-hydrogen) atoms. The lowest BCUT2D eigenvalue weighted by atomic mass is 10.1. The molecule has 0 aliphatic carbocycles. The Balaban J connectivity index is 1.87. The van der Waals surface area contributed by atoms with Crippen molar-refractivity contribution < 1.29 is 22.5 Å². The first kappa shape index (κ1) is 22.6. The molecule has 0 saturated carbocycles. The number of nitro groups is 1. The number of aryl methyl sites for hydroxylation is 2. The van der Waals surface area contributed by atoms with Crippen LogP contribution in [0.3, 0.4) is 0 Å². The molecule has 3 aromatic rings. The largest absolute Gasteiger partial charge is 0.350 e. The summed E-state index contributed by atoms with van der Waals surface area (Å²) in [4.78, 5) is 23.5. The van der Waals surface area contributed by atoms with E-state index in [1.807, 2.05) is 0 Å². The third kappa shape index (κ3) is 4.80. The zero-order valence-electron chi connectivity index (χ0n) is 16.7. The van der Waals surface area contributed by atoms with Crippen LogP contribution in [0.15, 0.2) is 58.8 Å². The van der Waals surface area contributed by atoms with Crippen molar-refractivity contribution in [2.45, 2.75) is 24.0 Å². The van der Waals surface area contributed by atoms with Gasteiger partial charge in [0.25, 0.3) is 11.6 Å². The number of nitro benzene ring substituents is 1. The monoisotopic (exact) mass is 462 g/mol. The molecule has 1 atom stereocenters. The second-order valence-corrected chi connectivity index (χ2v) is 10.0. The van der Waals surface area contributed by atoms with Gasteiger partial charge in [-0.05, 0) is 61.2 Å². The van der Waals surface area contributed by atoms with Crippen molar-refractivity contribution in [2.75, 3.05) is 6.54 Å². The van der Waals surface area contributed by atoms with Crippen molar-refractivity contribution in [3.63, 3.8) is 0 Å². The fraction of sp³-hybridized carbons (Fsp3) is 0.190. The lowest BCUT2D eigenvalue weighted by Gasteiger charge is -2.18. The Morgan fingerprint density at radius 3 is 2.48 bits per heavy atom. The highest BCUT2D eigenvalue weighted by Gasteiger charge is 2.31. The number of rotatable bonds is 7. The number of amides is 1. The van der Waals surface area contributed by atoms with Gasteiger partial charge in [0.15, 0.2) is 9.84 Å². The first-order valence-electron chi connectivity index (χ1n) is 9.18. The second kappa shape index (κ2) is 8.94. The molecule has 0 saturated heterocycles. The summed E-state index contributed by atoms with van der Waals surface area (Å²) in [7, 11) is -3.93. The molecule has 3 rings (SSSR count). The normalized spacial score (nSPS) is 12.4. The summed E-state index contributed by atoms with van der Waals surface area (Å²) in [5.41, 5.74) is 0.601. The quantitative estimate of drug-likeness (QED) is 0.319. The van der Waals surface area contributed by atoms with Gasteiger partial charge in [-0.2, -0.15) is 0 Å². The van der Waals surface area contributed by atoms with Crippen LogP contribution in [0, 0.1) is 29.8 Å². The zero-order chi connectivity index (χ0) is 22.8. The lowest BCUT2D eigenvalue weighted by Crippen LogP contribution is -2.31. The Morgan fingerprint density at radius 2 is 1.90 bits per heavy atom. The van der Waals surface area contributed by atoms with Crippen molar-refractivity contribution in [1.29, 1.82) is 0 Å². The van der Waals surface area contributed by atoms with Gasteiger partial charge in [0.1, 0.15) is 11.1 Å². The van der Waals surface area contributed by atoms with Crippen LogP contribution in [0.5, 0.6) is 0 Å². The van der Waals surface area contributed by atoms with Gasteiger partial charge in [-0.25, -0.2) is 12.8 Å². The maximum absolute atomic E-state index is 13.6. The summed E-state index contributed by atoms with van der Waals surface area (Å²) in [6, 6.07) is 10.9. The summed E-state index contributed by atoms with van der Waals surface area (Å²) in [5.74, 6) is -1.06. The predicted molar refractivity (Wildman–Crippen MR) is 116 cm³/mol. The molecule has 1 aromatic heterocycles. The van der Waals surface area contributed by atoms with Crippen LogP contribution >= 0.6 is 11.3 Å². The number of carbonyl (C=O) groups excluding carboxylic acids is 1. The molecule has 7 nitrogen and oxygen atoms in total. The number of benzene rings is 2. The summed E-state index contributed by atoms with van der Waals surface area (Å²) < 4.78 is 40.2. The van der Waals surface area contributed by atoms with E-state index in [2.05, 4.69) is 5.32 Å². The van der Waals surface area contributed by atoms with Crippen molar-refractivity contribution in [3.8, 4) is 0 Å². The second-order valence-electron chi connectivity index (χ2n) is 6.93. The van der Waals surface area contributed by atoms with Crippen molar-refractivity contribution in [1.82, 2.24) is 5.32 Å². The van der Waals surface area contributed by atoms with Crippen LogP contribution in [0.4, 0.5) is 10.1 Å². The van der Waals surface area contributed by atoms with E-state index in [0.717, 1.165) is 6.07 Å². The maximum Gasteiger partial charge on any atom is 0.272 e. The number of hydrogen-bond donors (Lipinski definition) is 1. The third-order valence-corrected chi connectivity index (χ3v) is 8.01. The molecule has 0 radical (unpaired) electrons. The van der Waals surface area contributed by atoms with Gasteiger partial charge in [-0.1, -0.05) is 6.07 Å². The molecule has 0 unspecified atom stereocenters. The molecule has 10 heteroatoms. The van der Waals surface area contributed by atoms with Gasteiger partial charge < -0.3 is 5.32 Å². The van der Waals surface area contributed by atoms with E-state index in [0.29, 0.717) is 10.4 Å². The molecule has 0 aliphatic rings. The highest BCUT2D eigenvalue weighted by atomic mass is 32.2. The fourth-order valence-corrected chi connectivity index (χ4v) is 5.95. The Labute approximate surface area is 182 Å². The van der Waals surface area contributed by atoms with Gasteiger partial charge in [-0.15, -0.1) is 11.3 Å². The van der Waals surface area contributed by atoms with E-state index in [9.17, 15) is 27.7 Å². The van der Waals surface area contributed by atoms with E-state index in [4.69, 9.17) is 0 Å². The molecule has 162 valence electrons. The minimum Gasteiger partial charge on any atom is -0.350 e. The van der Waals surface area contributed by atoms with Crippen molar-refractivity contribution in [2.24, 2.45) is 0 Å².